The van der Waals surface area contributed by atoms with E-state index in [1.807, 2.05) is 18.2 Å². The summed E-state index contributed by atoms with van der Waals surface area (Å²) in [5.74, 6) is 0.559. The van der Waals surface area contributed by atoms with Crippen LogP contribution in [0, 0.1) is 0 Å². The quantitative estimate of drug-likeness (QED) is 0.647. The molecule has 0 radical (unpaired) electrons. The first-order valence-electron chi connectivity index (χ1n) is 4.59. The fourth-order valence-electron chi connectivity index (χ4n) is 1.40. The topological polar surface area (TPSA) is 9.23 Å². The van der Waals surface area contributed by atoms with E-state index in [2.05, 4.69) is 26.3 Å². The fraction of sp³-hybridized carbons (Fsp3) is 0. The van der Waals surface area contributed by atoms with E-state index in [4.69, 9.17) is 4.74 Å². The second-order valence-electron chi connectivity index (χ2n) is 2.92. The van der Waals surface area contributed by atoms with Gasteiger partial charge in [-0.15, -0.1) is 0 Å². The van der Waals surface area contributed by atoms with Crippen molar-refractivity contribution < 1.29 is 4.74 Å². The SMILES string of the molecule is C=COC(=C)c1cccc(C=C)c1C=C. The third-order valence-corrected chi connectivity index (χ3v) is 2.09. The first-order chi connectivity index (χ1) is 7.24. The van der Waals surface area contributed by atoms with Gasteiger partial charge in [0, 0.05) is 5.56 Å². The molecule has 0 unspecified atom stereocenters. The molecule has 15 heavy (non-hydrogen) atoms. The van der Waals surface area contributed by atoms with Crippen LogP contribution in [0.3, 0.4) is 0 Å². The highest BCUT2D eigenvalue weighted by Crippen LogP contribution is 2.24. The Morgan fingerprint density at radius 1 is 1.13 bits per heavy atom. The van der Waals surface area contributed by atoms with Crippen LogP contribution in [0.1, 0.15) is 16.7 Å². The third kappa shape index (κ3) is 2.26. The largest absolute Gasteiger partial charge is 0.466 e. The van der Waals surface area contributed by atoms with Crippen molar-refractivity contribution in [1.82, 2.24) is 0 Å². The van der Waals surface area contributed by atoms with Crippen molar-refractivity contribution in [2.24, 2.45) is 0 Å². The number of hydrogen-bond acceptors (Lipinski definition) is 1. The van der Waals surface area contributed by atoms with Gasteiger partial charge in [0.2, 0.25) is 0 Å². The van der Waals surface area contributed by atoms with Crippen molar-refractivity contribution in [2.75, 3.05) is 0 Å². The Morgan fingerprint density at radius 2 is 1.87 bits per heavy atom. The summed E-state index contributed by atoms with van der Waals surface area (Å²) in [6.45, 7) is 14.8. The maximum Gasteiger partial charge on any atom is 0.127 e. The summed E-state index contributed by atoms with van der Waals surface area (Å²) in [7, 11) is 0. The number of rotatable bonds is 5. The smallest absolute Gasteiger partial charge is 0.127 e. The van der Waals surface area contributed by atoms with E-state index in [-0.39, 0.29) is 0 Å². The van der Waals surface area contributed by atoms with Gasteiger partial charge in [-0.25, -0.2) is 0 Å². The summed E-state index contributed by atoms with van der Waals surface area (Å²) in [5.41, 5.74) is 2.89. The lowest BCUT2D eigenvalue weighted by Gasteiger charge is -2.10. The molecule has 1 heteroatoms. The summed E-state index contributed by atoms with van der Waals surface area (Å²) < 4.78 is 5.16. The Labute approximate surface area is 90.7 Å². The van der Waals surface area contributed by atoms with Crippen LogP contribution in [0.15, 0.2) is 50.8 Å². The van der Waals surface area contributed by atoms with Crippen molar-refractivity contribution in [1.29, 1.82) is 0 Å². The molecular weight excluding hydrogens is 184 g/mol. The summed E-state index contributed by atoms with van der Waals surface area (Å²) in [6.07, 6.45) is 4.90. The Hall–Kier alpha value is -2.02. The molecule has 0 spiro atoms. The van der Waals surface area contributed by atoms with Gasteiger partial charge in [-0.3, -0.25) is 0 Å². The minimum Gasteiger partial charge on any atom is -0.466 e. The predicted molar refractivity (Wildman–Crippen MR) is 66.9 cm³/mol. The summed E-state index contributed by atoms with van der Waals surface area (Å²) in [5, 5.41) is 0. The lowest BCUT2D eigenvalue weighted by atomic mass is 10.00. The van der Waals surface area contributed by atoms with Gasteiger partial charge in [0.15, 0.2) is 0 Å². The van der Waals surface area contributed by atoms with Gasteiger partial charge in [-0.05, 0) is 11.1 Å². The van der Waals surface area contributed by atoms with Crippen LogP contribution in [0.4, 0.5) is 0 Å². The highest BCUT2D eigenvalue weighted by Gasteiger charge is 2.06. The second-order valence-corrected chi connectivity index (χ2v) is 2.92. The van der Waals surface area contributed by atoms with Gasteiger partial charge >= 0.3 is 0 Å². The lowest BCUT2D eigenvalue weighted by Crippen LogP contribution is -1.91. The highest BCUT2D eigenvalue weighted by molar-refractivity contribution is 5.75. The van der Waals surface area contributed by atoms with Gasteiger partial charge in [-0.2, -0.15) is 0 Å². The molecule has 0 saturated carbocycles. The van der Waals surface area contributed by atoms with Crippen LogP contribution in [0.25, 0.3) is 17.9 Å². The molecule has 0 aliphatic heterocycles. The average molecular weight is 198 g/mol. The highest BCUT2D eigenvalue weighted by atomic mass is 16.5. The first-order valence-corrected chi connectivity index (χ1v) is 4.59. The van der Waals surface area contributed by atoms with E-state index < -0.39 is 0 Å². The maximum atomic E-state index is 5.16. The molecule has 0 heterocycles. The molecule has 0 saturated heterocycles. The average Bonchev–Trinajstić information content (AvgIpc) is 2.28. The number of benzene rings is 1. The maximum absolute atomic E-state index is 5.16. The van der Waals surface area contributed by atoms with Crippen molar-refractivity contribution in [3.63, 3.8) is 0 Å². The monoisotopic (exact) mass is 198 g/mol. The minimum absolute atomic E-state index is 0.559. The number of ether oxygens (including phenoxy) is 1. The predicted octanol–water partition coefficient (Wildman–Crippen LogP) is 4.10. The Morgan fingerprint density at radius 3 is 2.40 bits per heavy atom. The van der Waals surface area contributed by atoms with Crippen molar-refractivity contribution in [2.45, 2.75) is 0 Å². The molecule has 0 amide bonds. The van der Waals surface area contributed by atoms with Crippen LogP contribution in [0.5, 0.6) is 0 Å². The second kappa shape index (κ2) is 5.01. The van der Waals surface area contributed by atoms with E-state index >= 15 is 0 Å². The molecule has 1 aromatic rings. The van der Waals surface area contributed by atoms with E-state index in [1.54, 1.807) is 12.2 Å². The molecule has 0 fully saturated rings. The Kier molecular flexibility index (Phi) is 3.69. The van der Waals surface area contributed by atoms with Crippen molar-refractivity contribution in [3.8, 4) is 0 Å². The molecule has 0 aliphatic carbocycles. The van der Waals surface area contributed by atoms with Crippen LogP contribution in [-0.4, -0.2) is 0 Å². The molecule has 76 valence electrons. The van der Waals surface area contributed by atoms with Gasteiger partial charge in [0.05, 0.1) is 6.26 Å². The molecular formula is C14H14O. The Bertz CT molecular complexity index is 413. The van der Waals surface area contributed by atoms with Gasteiger partial charge in [-0.1, -0.05) is 56.7 Å². The molecule has 0 atom stereocenters. The van der Waals surface area contributed by atoms with Crippen molar-refractivity contribution >= 4 is 17.9 Å². The van der Waals surface area contributed by atoms with Gasteiger partial charge in [0.25, 0.3) is 0 Å². The molecule has 1 nitrogen and oxygen atoms in total. The summed E-state index contributed by atoms with van der Waals surface area (Å²) in [4.78, 5) is 0. The lowest BCUT2D eigenvalue weighted by molar-refractivity contribution is 0.440. The standard InChI is InChI=1S/C14H14O/c1-5-12-9-8-10-14(13(12)6-2)11(4)15-7-3/h5-10H,1-4H2. The van der Waals surface area contributed by atoms with Gasteiger partial charge in [0.1, 0.15) is 5.76 Å². The molecule has 1 rings (SSSR count). The molecule has 0 aliphatic rings. The zero-order chi connectivity index (χ0) is 11.3. The Balaban J connectivity index is 3.28. The molecule has 0 bridgehead atoms. The van der Waals surface area contributed by atoms with E-state index in [9.17, 15) is 0 Å². The van der Waals surface area contributed by atoms with Gasteiger partial charge < -0.3 is 4.74 Å². The zero-order valence-corrected chi connectivity index (χ0v) is 8.70. The third-order valence-electron chi connectivity index (χ3n) is 2.09. The van der Waals surface area contributed by atoms with Crippen LogP contribution < -0.4 is 0 Å². The zero-order valence-electron chi connectivity index (χ0n) is 8.70. The summed E-state index contributed by atoms with van der Waals surface area (Å²) in [6, 6.07) is 5.82. The molecule has 0 N–H and O–H groups in total. The molecule has 1 aromatic carbocycles. The van der Waals surface area contributed by atoms with E-state index in [0.717, 1.165) is 16.7 Å². The van der Waals surface area contributed by atoms with E-state index in [0.29, 0.717) is 5.76 Å². The fourth-order valence-corrected chi connectivity index (χ4v) is 1.40. The normalized spacial score (nSPS) is 9.07. The van der Waals surface area contributed by atoms with E-state index in [1.165, 1.54) is 6.26 Å². The number of hydrogen-bond donors (Lipinski definition) is 0. The first kappa shape index (κ1) is 11.1. The summed E-state index contributed by atoms with van der Waals surface area (Å²) >= 11 is 0. The van der Waals surface area contributed by atoms with Crippen molar-refractivity contribution in [3.05, 3.63) is 67.5 Å². The minimum atomic E-state index is 0.559. The van der Waals surface area contributed by atoms with Crippen LogP contribution in [-0.2, 0) is 4.74 Å². The molecule has 0 aromatic heterocycles. The van der Waals surface area contributed by atoms with Crippen LogP contribution >= 0.6 is 0 Å². The van der Waals surface area contributed by atoms with Crippen LogP contribution in [0.2, 0.25) is 0 Å².